The van der Waals surface area contributed by atoms with Crippen LogP contribution in [-0.4, -0.2) is 46.4 Å². The van der Waals surface area contributed by atoms with Crippen LogP contribution in [0, 0.1) is 0 Å². The molecule has 0 radical (unpaired) electrons. The fourth-order valence-electron chi connectivity index (χ4n) is 1.97. The van der Waals surface area contributed by atoms with Crippen molar-refractivity contribution in [3.8, 4) is 0 Å². The number of amidine groups is 1. The van der Waals surface area contributed by atoms with E-state index in [2.05, 4.69) is 20.9 Å². The lowest BCUT2D eigenvalue weighted by Gasteiger charge is -2.28. The van der Waals surface area contributed by atoms with Crippen molar-refractivity contribution in [1.82, 2.24) is 4.90 Å². The molecule has 0 amide bonds. The summed E-state index contributed by atoms with van der Waals surface area (Å²) in [5.41, 5.74) is 5.63. The van der Waals surface area contributed by atoms with Crippen molar-refractivity contribution in [2.24, 2.45) is 10.7 Å². The second kappa shape index (κ2) is 4.75. The summed E-state index contributed by atoms with van der Waals surface area (Å²) >= 11 is 3.22. The summed E-state index contributed by atoms with van der Waals surface area (Å²) in [6.07, 6.45) is 0.938. The second-order valence-electron chi connectivity index (χ2n) is 3.97. The van der Waals surface area contributed by atoms with Crippen LogP contribution >= 0.6 is 15.9 Å². The van der Waals surface area contributed by atoms with E-state index in [0.29, 0.717) is 10.3 Å². The monoisotopic (exact) mass is 305 g/mol. The van der Waals surface area contributed by atoms with Crippen LogP contribution in [0.1, 0.15) is 6.42 Å². The smallest absolute Gasteiger partial charge is 0.136 e. The van der Waals surface area contributed by atoms with Crippen molar-refractivity contribution < 1.29 is 14.6 Å². The Balaban J connectivity index is 2.19. The maximum Gasteiger partial charge on any atom is 0.136 e. The maximum atomic E-state index is 13.9. The Morgan fingerprint density at radius 3 is 2.88 bits per heavy atom. The number of aliphatic imine (C=N–C) groups is 1. The summed E-state index contributed by atoms with van der Waals surface area (Å²) in [5, 5.41) is 18.6. The van der Waals surface area contributed by atoms with E-state index in [4.69, 9.17) is 10.8 Å². The molecule has 0 aromatic heterocycles. The first kappa shape index (κ1) is 12.5. The number of halogens is 2. The second-order valence-corrected chi connectivity index (χ2v) is 4.83. The van der Waals surface area contributed by atoms with E-state index in [0.717, 1.165) is 0 Å². The molecule has 2 aliphatic rings. The SMILES string of the molecule is NC1=NCN([C@H]2C[C@@H](O)C(CO)=C2F)C=C1Br. The molecule has 0 bridgehead atoms. The Kier molecular flexibility index (Phi) is 3.50. The summed E-state index contributed by atoms with van der Waals surface area (Å²) < 4.78 is 14.5. The van der Waals surface area contributed by atoms with Crippen LogP contribution in [0.4, 0.5) is 4.39 Å². The van der Waals surface area contributed by atoms with E-state index >= 15 is 0 Å². The summed E-state index contributed by atoms with van der Waals surface area (Å²) in [6.45, 7) is -0.224. The molecular formula is C10H13BrFN3O2. The molecule has 0 spiro atoms. The van der Waals surface area contributed by atoms with Crippen molar-refractivity contribution in [3.63, 3.8) is 0 Å². The average Bonchev–Trinajstić information content (AvgIpc) is 2.58. The van der Waals surface area contributed by atoms with Gasteiger partial charge in [0, 0.05) is 18.2 Å². The third-order valence-corrected chi connectivity index (χ3v) is 3.56. The molecule has 0 aromatic rings. The zero-order valence-electron chi connectivity index (χ0n) is 8.98. The fourth-order valence-corrected chi connectivity index (χ4v) is 2.36. The lowest BCUT2D eigenvalue weighted by Crippen LogP contribution is -2.35. The van der Waals surface area contributed by atoms with Gasteiger partial charge in [0.25, 0.3) is 0 Å². The number of rotatable bonds is 2. The Morgan fingerprint density at radius 2 is 2.35 bits per heavy atom. The van der Waals surface area contributed by atoms with Gasteiger partial charge < -0.3 is 20.8 Å². The topological polar surface area (TPSA) is 82.1 Å². The minimum Gasteiger partial charge on any atom is -0.392 e. The van der Waals surface area contributed by atoms with Gasteiger partial charge in [0.2, 0.25) is 0 Å². The normalized spacial score (nSPS) is 29.5. The molecule has 2 atom stereocenters. The molecule has 2 rings (SSSR count). The largest absolute Gasteiger partial charge is 0.392 e. The van der Waals surface area contributed by atoms with E-state index in [1.54, 1.807) is 11.1 Å². The van der Waals surface area contributed by atoms with Crippen LogP contribution < -0.4 is 5.73 Å². The van der Waals surface area contributed by atoms with Gasteiger partial charge >= 0.3 is 0 Å². The van der Waals surface area contributed by atoms with Crippen LogP contribution in [-0.2, 0) is 0 Å². The van der Waals surface area contributed by atoms with Gasteiger partial charge in [-0.1, -0.05) is 0 Å². The zero-order valence-corrected chi connectivity index (χ0v) is 10.6. The first-order valence-corrected chi connectivity index (χ1v) is 5.94. The van der Waals surface area contributed by atoms with Crippen LogP contribution in [0.25, 0.3) is 0 Å². The van der Waals surface area contributed by atoms with Gasteiger partial charge in [-0.05, 0) is 15.9 Å². The fraction of sp³-hybridized carbons (Fsp3) is 0.500. The molecule has 0 fully saturated rings. The molecule has 0 unspecified atom stereocenters. The van der Waals surface area contributed by atoms with Gasteiger partial charge in [0.1, 0.15) is 18.3 Å². The molecule has 4 N–H and O–H groups in total. The predicted octanol–water partition coefficient (Wildman–Crippen LogP) is 0.202. The summed E-state index contributed by atoms with van der Waals surface area (Å²) in [6, 6.07) is -0.587. The Bertz CT molecular complexity index is 422. The van der Waals surface area contributed by atoms with Crippen molar-refractivity contribution in [3.05, 3.63) is 22.1 Å². The number of hydrogen-bond donors (Lipinski definition) is 3. The van der Waals surface area contributed by atoms with Crippen LogP contribution in [0.2, 0.25) is 0 Å². The maximum absolute atomic E-state index is 13.9. The lowest BCUT2D eigenvalue weighted by molar-refractivity contribution is 0.168. The predicted molar refractivity (Wildman–Crippen MR) is 65.0 cm³/mol. The quantitative estimate of drug-likeness (QED) is 0.681. The van der Waals surface area contributed by atoms with Crippen LogP contribution in [0.15, 0.2) is 27.1 Å². The molecule has 7 heteroatoms. The van der Waals surface area contributed by atoms with Gasteiger partial charge in [-0.3, -0.25) is 0 Å². The van der Waals surface area contributed by atoms with Crippen molar-refractivity contribution in [2.45, 2.75) is 18.6 Å². The molecular weight excluding hydrogens is 293 g/mol. The number of aliphatic hydroxyl groups excluding tert-OH is 2. The van der Waals surface area contributed by atoms with E-state index in [9.17, 15) is 9.50 Å². The number of nitrogens with zero attached hydrogens (tertiary/aromatic N) is 2. The first-order chi connectivity index (χ1) is 8.04. The van der Waals surface area contributed by atoms with E-state index in [-0.39, 0.29) is 18.7 Å². The minimum atomic E-state index is -0.930. The Labute approximate surface area is 106 Å². The van der Waals surface area contributed by atoms with Crippen molar-refractivity contribution in [2.75, 3.05) is 13.3 Å². The molecule has 94 valence electrons. The Morgan fingerprint density at radius 1 is 1.65 bits per heavy atom. The average molecular weight is 306 g/mol. The number of hydrogen-bond acceptors (Lipinski definition) is 5. The standard InChI is InChI=1S/C10H13BrFN3O2/c11-6-2-15(4-14-10(6)13)7-1-8(17)5(3-16)9(7)12/h2,7-8,16-17H,1,3-4H2,(H2,13,14)/t7-,8+/m0/s1. The van der Waals surface area contributed by atoms with Crippen LogP contribution in [0.5, 0.6) is 0 Å². The van der Waals surface area contributed by atoms with Gasteiger partial charge in [0.05, 0.1) is 23.2 Å². The third kappa shape index (κ3) is 2.22. The van der Waals surface area contributed by atoms with Gasteiger partial charge in [-0.25, -0.2) is 9.38 Å². The molecule has 1 heterocycles. The summed E-state index contributed by atoms with van der Waals surface area (Å²) in [5.74, 6) is -0.112. The van der Waals surface area contributed by atoms with Crippen molar-refractivity contribution in [1.29, 1.82) is 0 Å². The zero-order chi connectivity index (χ0) is 12.6. The Hall–Kier alpha value is -0.920. The minimum absolute atomic E-state index is 0.0575. The van der Waals surface area contributed by atoms with E-state index < -0.39 is 24.6 Å². The number of aliphatic hydroxyl groups is 2. The first-order valence-electron chi connectivity index (χ1n) is 5.15. The highest BCUT2D eigenvalue weighted by Crippen LogP contribution is 2.33. The molecule has 0 aromatic carbocycles. The molecule has 0 saturated heterocycles. The molecule has 5 nitrogen and oxygen atoms in total. The molecule has 1 aliphatic carbocycles. The van der Waals surface area contributed by atoms with Crippen LogP contribution in [0.3, 0.4) is 0 Å². The highest BCUT2D eigenvalue weighted by Gasteiger charge is 2.36. The summed E-state index contributed by atoms with van der Waals surface area (Å²) in [7, 11) is 0. The van der Waals surface area contributed by atoms with E-state index in [1.165, 1.54) is 0 Å². The van der Waals surface area contributed by atoms with Gasteiger partial charge in [-0.15, -0.1) is 0 Å². The van der Waals surface area contributed by atoms with Gasteiger partial charge in [0.15, 0.2) is 0 Å². The highest BCUT2D eigenvalue weighted by atomic mass is 79.9. The molecule has 1 aliphatic heterocycles. The molecule has 0 saturated carbocycles. The van der Waals surface area contributed by atoms with Gasteiger partial charge in [-0.2, -0.15) is 0 Å². The lowest BCUT2D eigenvalue weighted by atomic mass is 10.2. The summed E-state index contributed by atoms with van der Waals surface area (Å²) in [4.78, 5) is 5.66. The number of nitrogens with two attached hydrogens (primary N) is 1. The highest BCUT2D eigenvalue weighted by molar-refractivity contribution is 9.12. The molecule has 17 heavy (non-hydrogen) atoms. The van der Waals surface area contributed by atoms with E-state index in [1.807, 2.05) is 0 Å². The van der Waals surface area contributed by atoms with Crippen molar-refractivity contribution >= 4 is 21.8 Å². The third-order valence-electron chi connectivity index (χ3n) is 2.95.